The average Bonchev–Trinajstić information content (AvgIpc) is 2.06. The van der Waals surface area contributed by atoms with E-state index in [2.05, 4.69) is 0 Å². The highest BCUT2D eigenvalue weighted by atomic mass is 16.3. The fourth-order valence-corrected chi connectivity index (χ4v) is 1.04. The number of hydrogen-bond donors (Lipinski definition) is 2. The molecule has 1 aromatic rings. The molecule has 66 valence electrons. The SMILES string of the molecule is CC(C)C(N)(O)c1ccccc1. The minimum Gasteiger partial charge on any atom is -0.372 e. The van der Waals surface area contributed by atoms with Gasteiger partial charge in [0, 0.05) is 0 Å². The fraction of sp³-hybridized carbons (Fsp3) is 0.400. The maximum absolute atomic E-state index is 9.84. The Morgan fingerprint density at radius 2 is 1.75 bits per heavy atom. The van der Waals surface area contributed by atoms with Crippen molar-refractivity contribution < 1.29 is 5.11 Å². The van der Waals surface area contributed by atoms with Crippen molar-refractivity contribution in [1.29, 1.82) is 0 Å². The fourth-order valence-electron chi connectivity index (χ4n) is 1.04. The summed E-state index contributed by atoms with van der Waals surface area (Å²) in [5.41, 5.74) is 5.29. The Balaban J connectivity index is 2.98. The van der Waals surface area contributed by atoms with E-state index >= 15 is 0 Å². The Morgan fingerprint density at radius 1 is 1.25 bits per heavy atom. The van der Waals surface area contributed by atoms with Crippen LogP contribution < -0.4 is 5.73 Å². The number of rotatable bonds is 2. The molecule has 0 aliphatic rings. The van der Waals surface area contributed by atoms with Gasteiger partial charge in [0.1, 0.15) is 5.72 Å². The van der Waals surface area contributed by atoms with E-state index < -0.39 is 5.72 Å². The summed E-state index contributed by atoms with van der Waals surface area (Å²) in [4.78, 5) is 0. The third kappa shape index (κ3) is 1.65. The summed E-state index contributed by atoms with van der Waals surface area (Å²) in [6.45, 7) is 3.79. The molecule has 0 saturated heterocycles. The lowest BCUT2D eigenvalue weighted by Gasteiger charge is -2.27. The van der Waals surface area contributed by atoms with Crippen molar-refractivity contribution in [3.8, 4) is 0 Å². The van der Waals surface area contributed by atoms with Gasteiger partial charge >= 0.3 is 0 Å². The van der Waals surface area contributed by atoms with E-state index in [1.54, 1.807) is 0 Å². The lowest BCUT2D eigenvalue weighted by molar-refractivity contribution is -0.00394. The van der Waals surface area contributed by atoms with E-state index in [0.29, 0.717) is 0 Å². The van der Waals surface area contributed by atoms with Crippen molar-refractivity contribution in [3.63, 3.8) is 0 Å². The third-order valence-corrected chi connectivity index (χ3v) is 2.12. The standard InChI is InChI=1S/C10H15NO/c1-8(2)10(11,12)9-6-4-3-5-7-9/h3-8,12H,11H2,1-2H3. The lowest BCUT2D eigenvalue weighted by Crippen LogP contribution is -2.41. The zero-order valence-corrected chi connectivity index (χ0v) is 7.49. The molecular weight excluding hydrogens is 150 g/mol. The van der Waals surface area contributed by atoms with E-state index in [9.17, 15) is 5.11 Å². The smallest absolute Gasteiger partial charge is 0.141 e. The predicted octanol–water partition coefficient (Wildman–Crippen LogP) is 1.45. The molecular formula is C10H15NO. The molecule has 2 heteroatoms. The molecule has 1 atom stereocenters. The number of hydrogen-bond acceptors (Lipinski definition) is 2. The van der Waals surface area contributed by atoms with Gasteiger partial charge in [0.2, 0.25) is 0 Å². The average molecular weight is 165 g/mol. The van der Waals surface area contributed by atoms with Gasteiger partial charge in [-0.3, -0.25) is 5.73 Å². The molecule has 0 spiro atoms. The maximum atomic E-state index is 9.84. The van der Waals surface area contributed by atoms with Crippen LogP contribution in [0.4, 0.5) is 0 Å². The van der Waals surface area contributed by atoms with Crippen molar-refractivity contribution in [2.45, 2.75) is 19.6 Å². The Bertz CT molecular complexity index is 241. The van der Waals surface area contributed by atoms with Gasteiger partial charge in [-0.2, -0.15) is 0 Å². The zero-order chi connectivity index (χ0) is 9.19. The van der Waals surface area contributed by atoms with Crippen LogP contribution in [0.5, 0.6) is 0 Å². The van der Waals surface area contributed by atoms with Crippen LogP contribution in [0.25, 0.3) is 0 Å². The summed E-state index contributed by atoms with van der Waals surface area (Å²) < 4.78 is 0. The summed E-state index contributed by atoms with van der Waals surface area (Å²) in [6, 6.07) is 9.31. The minimum atomic E-state index is -1.21. The summed E-state index contributed by atoms with van der Waals surface area (Å²) in [5, 5.41) is 9.84. The van der Waals surface area contributed by atoms with Crippen molar-refractivity contribution in [2.24, 2.45) is 11.7 Å². The monoisotopic (exact) mass is 165 g/mol. The van der Waals surface area contributed by atoms with Crippen molar-refractivity contribution in [1.82, 2.24) is 0 Å². The Hall–Kier alpha value is -0.860. The van der Waals surface area contributed by atoms with Gasteiger partial charge in [0.15, 0.2) is 0 Å². The number of benzene rings is 1. The third-order valence-electron chi connectivity index (χ3n) is 2.12. The molecule has 2 nitrogen and oxygen atoms in total. The Morgan fingerprint density at radius 3 is 2.17 bits per heavy atom. The van der Waals surface area contributed by atoms with Crippen LogP contribution in [-0.4, -0.2) is 5.11 Å². The van der Waals surface area contributed by atoms with Crippen LogP contribution in [0.3, 0.4) is 0 Å². The summed E-state index contributed by atoms with van der Waals surface area (Å²) in [6.07, 6.45) is 0. The predicted molar refractivity (Wildman–Crippen MR) is 49.4 cm³/mol. The molecule has 0 aliphatic carbocycles. The largest absolute Gasteiger partial charge is 0.372 e. The normalized spacial score (nSPS) is 16.1. The molecule has 0 aromatic heterocycles. The highest BCUT2D eigenvalue weighted by molar-refractivity contribution is 5.21. The first-order valence-corrected chi connectivity index (χ1v) is 4.12. The van der Waals surface area contributed by atoms with E-state index in [4.69, 9.17) is 5.73 Å². The van der Waals surface area contributed by atoms with Gasteiger partial charge in [0.25, 0.3) is 0 Å². The van der Waals surface area contributed by atoms with Gasteiger partial charge in [-0.1, -0.05) is 44.2 Å². The summed E-state index contributed by atoms with van der Waals surface area (Å²) >= 11 is 0. The van der Waals surface area contributed by atoms with Crippen LogP contribution in [0.2, 0.25) is 0 Å². The molecule has 0 fully saturated rings. The molecule has 3 N–H and O–H groups in total. The molecule has 0 saturated carbocycles. The second-order valence-electron chi connectivity index (χ2n) is 3.35. The van der Waals surface area contributed by atoms with Crippen molar-refractivity contribution >= 4 is 0 Å². The van der Waals surface area contributed by atoms with E-state index in [0.717, 1.165) is 5.56 Å². The molecule has 12 heavy (non-hydrogen) atoms. The molecule has 0 radical (unpaired) electrons. The second-order valence-corrected chi connectivity index (χ2v) is 3.35. The topological polar surface area (TPSA) is 46.2 Å². The number of nitrogens with two attached hydrogens (primary N) is 1. The summed E-state index contributed by atoms with van der Waals surface area (Å²) in [7, 11) is 0. The Kier molecular flexibility index (Phi) is 2.50. The van der Waals surface area contributed by atoms with Crippen LogP contribution in [0, 0.1) is 5.92 Å². The maximum Gasteiger partial charge on any atom is 0.141 e. The van der Waals surface area contributed by atoms with E-state index in [1.165, 1.54) is 0 Å². The highest BCUT2D eigenvalue weighted by Gasteiger charge is 2.27. The minimum absolute atomic E-state index is 0.0138. The Labute approximate surface area is 73.0 Å². The van der Waals surface area contributed by atoms with E-state index in [1.807, 2.05) is 44.2 Å². The van der Waals surface area contributed by atoms with Crippen molar-refractivity contribution in [2.75, 3.05) is 0 Å². The van der Waals surface area contributed by atoms with Crippen LogP contribution in [0.15, 0.2) is 30.3 Å². The van der Waals surface area contributed by atoms with Gasteiger partial charge in [-0.05, 0) is 11.5 Å². The van der Waals surface area contributed by atoms with Gasteiger partial charge < -0.3 is 5.11 Å². The summed E-state index contributed by atoms with van der Waals surface area (Å²) in [5.74, 6) is 0.0138. The molecule has 0 amide bonds. The molecule has 0 bridgehead atoms. The van der Waals surface area contributed by atoms with Gasteiger partial charge in [-0.25, -0.2) is 0 Å². The quantitative estimate of drug-likeness (QED) is 0.651. The lowest BCUT2D eigenvalue weighted by atomic mass is 9.93. The molecule has 1 unspecified atom stereocenters. The zero-order valence-electron chi connectivity index (χ0n) is 7.49. The van der Waals surface area contributed by atoms with Gasteiger partial charge in [0.05, 0.1) is 0 Å². The van der Waals surface area contributed by atoms with E-state index in [-0.39, 0.29) is 5.92 Å². The molecule has 0 heterocycles. The first-order valence-electron chi connectivity index (χ1n) is 4.12. The van der Waals surface area contributed by atoms with Crippen LogP contribution in [-0.2, 0) is 5.72 Å². The van der Waals surface area contributed by atoms with Crippen LogP contribution >= 0.6 is 0 Å². The molecule has 1 rings (SSSR count). The highest BCUT2D eigenvalue weighted by Crippen LogP contribution is 2.22. The van der Waals surface area contributed by atoms with Gasteiger partial charge in [-0.15, -0.1) is 0 Å². The first kappa shape index (κ1) is 9.23. The van der Waals surface area contributed by atoms with Crippen molar-refractivity contribution in [3.05, 3.63) is 35.9 Å². The van der Waals surface area contributed by atoms with Crippen LogP contribution in [0.1, 0.15) is 19.4 Å². The number of aliphatic hydroxyl groups is 1. The molecule has 1 aromatic carbocycles. The first-order chi connectivity index (χ1) is 5.55. The second kappa shape index (κ2) is 3.25. The molecule has 0 aliphatic heterocycles.